The Morgan fingerprint density at radius 2 is 1.73 bits per heavy atom. The molecule has 0 unspecified atom stereocenters. The van der Waals surface area contributed by atoms with Crippen LogP contribution in [-0.2, 0) is 12.7 Å². The van der Waals surface area contributed by atoms with Crippen molar-refractivity contribution in [2.24, 2.45) is 0 Å². The van der Waals surface area contributed by atoms with Gasteiger partial charge in [-0.2, -0.15) is 28.1 Å². The molecule has 33 heavy (non-hydrogen) atoms. The first-order valence-corrected chi connectivity index (χ1v) is 10.4. The number of methoxy groups -OCH3 is 1. The highest BCUT2D eigenvalue weighted by atomic mass is 19.4. The fraction of sp³-hybridized carbons (Fsp3) is 0.318. The van der Waals surface area contributed by atoms with E-state index in [4.69, 9.17) is 10.5 Å². The van der Waals surface area contributed by atoms with Crippen LogP contribution in [0, 0.1) is 0 Å². The molecular weight excluding hydrogens is 435 g/mol. The molecule has 2 aromatic carbocycles. The minimum absolute atomic E-state index is 0.00587. The lowest BCUT2D eigenvalue weighted by molar-refractivity contribution is -0.137. The van der Waals surface area contributed by atoms with Crippen LogP contribution in [0.4, 0.5) is 36.4 Å². The van der Waals surface area contributed by atoms with E-state index in [0.29, 0.717) is 12.4 Å². The van der Waals surface area contributed by atoms with E-state index in [-0.39, 0.29) is 17.6 Å². The van der Waals surface area contributed by atoms with Gasteiger partial charge in [-0.1, -0.05) is 6.07 Å². The molecule has 1 saturated heterocycles. The summed E-state index contributed by atoms with van der Waals surface area (Å²) in [6.45, 7) is 3.73. The largest absolute Gasteiger partial charge is 0.497 e. The molecule has 0 atom stereocenters. The Morgan fingerprint density at radius 3 is 2.39 bits per heavy atom. The molecule has 3 N–H and O–H groups in total. The summed E-state index contributed by atoms with van der Waals surface area (Å²) in [5.74, 6) is 1.38. The van der Waals surface area contributed by atoms with E-state index in [1.165, 1.54) is 12.1 Å². The molecule has 4 rings (SSSR count). The van der Waals surface area contributed by atoms with Gasteiger partial charge in [0.25, 0.3) is 0 Å². The number of hydrogen-bond donors (Lipinski definition) is 2. The molecule has 0 bridgehead atoms. The first-order chi connectivity index (χ1) is 15.8. The number of ether oxygens (including phenoxy) is 1. The normalized spacial score (nSPS) is 14.8. The number of nitrogens with zero attached hydrogens (tertiary/aromatic N) is 5. The number of rotatable bonds is 6. The van der Waals surface area contributed by atoms with Crippen LogP contribution in [0.25, 0.3) is 0 Å². The predicted octanol–water partition coefficient (Wildman–Crippen LogP) is 3.55. The summed E-state index contributed by atoms with van der Waals surface area (Å²) in [5.41, 5.74) is 6.41. The lowest BCUT2D eigenvalue weighted by Gasteiger charge is -2.35. The number of nitrogens with two attached hydrogens (primary N) is 1. The second kappa shape index (κ2) is 9.49. The smallest absolute Gasteiger partial charge is 0.416 e. The molecule has 174 valence electrons. The van der Waals surface area contributed by atoms with Crippen molar-refractivity contribution in [3.63, 3.8) is 0 Å². The quantitative estimate of drug-likeness (QED) is 0.578. The van der Waals surface area contributed by atoms with Gasteiger partial charge >= 0.3 is 6.18 Å². The summed E-state index contributed by atoms with van der Waals surface area (Å²) < 4.78 is 44.1. The molecular formula is C22H24F3N7O. The number of hydrogen-bond acceptors (Lipinski definition) is 8. The van der Waals surface area contributed by atoms with E-state index in [2.05, 4.69) is 30.1 Å². The summed E-state index contributed by atoms with van der Waals surface area (Å²) in [6.07, 6.45) is -4.44. The minimum Gasteiger partial charge on any atom is -0.497 e. The highest BCUT2D eigenvalue weighted by molar-refractivity contribution is 5.55. The van der Waals surface area contributed by atoms with Crippen LogP contribution in [0.5, 0.6) is 5.75 Å². The summed E-state index contributed by atoms with van der Waals surface area (Å²) in [4.78, 5) is 17.0. The summed E-state index contributed by atoms with van der Waals surface area (Å²) in [6, 6.07) is 12.8. The Labute approximate surface area is 189 Å². The molecule has 11 heteroatoms. The Bertz CT molecular complexity index is 1080. The maximum atomic E-state index is 13.0. The molecule has 1 aromatic heterocycles. The molecule has 0 radical (unpaired) electrons. The van der Waals surface area contributed by atoms with E-state index in [0.717, 1.165) is 49.7 Å². The fourth-order valence-electron chi connectivity index (χ4n) is 3.62. The molecule has 0 aliphatic carbocycles. The summed E-state index contributed by atoms with van der Waals surface area (Å²) in [5, 5.41) is 2.79. The highest BCUT2D eigenvalue weighted by Gasteiger charge is 2.30. The van der Waals surface area contributed by atoms with Gasteiger partial charge in [-0.3, -0.25) is 4.90 Å². The van der Waals surface area contributed by atoms with E-state index in [9.17, 15) is 13.2 Å². The molecule has 1 aliphatic rings. The molecule has 3 aromatic rings. The van der Waals surface area contributed by atoms with Gasteiger partial charge in [0, 0.05) is 37.6 Å². The number of piperazine rings is 1. The van der Waals surface area contributed by atoms with Crippen molar-refractivity contribution >= 4 is 23.3 Å². The zero-order valence-corrected chi connectivity index (χ0v) is 18.0. The van der Waals surface area contributed by atoms with E-state index in [1.807, 2.05) is 24.3 Å². The number of anilines is 4. The molecule has 1 fully saturated rings. The van der Waals surface area contributed by atoms with Gasteiger partial charge in [-0.05, 0) is 42.5 Å². The zero-order chi connectivity index (χ0) is 23.4. The number of alkyl halides is 3. The van der Waals surface area contributed by atoms with Gasteiger partial charge in [0.1, 0.15) is 11.6 Å². The van der Waals surface area contributed by atoms with Crippen LogP contribution in [0.2, 0.25) is 0 Å². The third-order valence-corrected chi connectivity index (χ3v) is 5.32. The fourth-order valence-corrected chi connectivity index (χ4v) is 3.62. The van der Waals surface area contributed by atoms with Gasteiger partial charge in [0.05, 0.1) is 19.2 Å². The monoisotopic (exact) mass is 459 g/mol. The standard InChI is InChI=1S/C22H24F3N7O/c1-33-18-7-5-17(6-8-18)32-11-9-31(10-12-32)14-19-28-20(26)30-21(29-19)27-16-4-2-3-15(13-16)22(23,24)25/h2-8,13H,9-12,14H2,1H3,(H3,26,27,28,29,30). The third kappa shape index (κ3) is 5.80. The van der Waals surface area contributed by atoms with Crippen molar-refractivity contribution in [3.8, 4) is 5.75 Å². The topological polar surface area (TPSA) is 92.4 Å². The Kier molecular flexibility index (Phi) is 6.50. The molecule has 0 saturated carbocycles. The molecule has 1 aliphatic heterocycles. The Balaban J connectivity index is 1.38. The average molecular weight is 459 g/mol. The van der Waals surface area contributed by atoms with Gasteiger partial charge in [0.2, 0.25) is 11.9 Å². The maximum absolute atomic E-state index is 13.0. The van der Waals surface area contributed by atoms with Gasteiger partial charge in [-0.15, -0.1) is 0 Å². The molecule has 2 heterocycles. The number of nitrogen functional groups attached to an aromatic ring is 1. The van der Waals surface area contributed by atoms with E-state index in [1.54, 1.807) is 7.11 Å². The van der Waals surface area contributed by atoms with Crippen LogP contribution in [0.1, 0.15) is 11.4 Å². The van der Waals surface area contributed by atoms with Crippen LogP contribution in [0.3, 0.4) is 0 Å². The Hall–Kier alpha value is -3.60. The Morgan fingerprint density at radius 1 is 1.00 bits per heavy atom. The lowest BCUT2D eigenvalue weighted by atomic mass is 10.2. The minimum atomic E-state index is -4.44. The van der Waals surface area contributed by atoms with Crippen molar-refractivity contribution < 1.29 is 17.9 Å². The summed E-state index contributed by atoms with van der Waals surface area (Å²) >= 11 is 0. The SMILES string of the molecule is COc1ccc(N2CCN(Cc3nc(N)nc(Nc4cccc(C(F)(F)F)c4)n3)CC2)cc1. The number of aromatic nitrogens is 3. The van der Waals surface area contributed by atoms with Crippen LogP contribution < -0.4 is 20.7 Å². The van der Waals surface area contributed by atoms with Gasteiger partial charge < -0.3 is 20.7 Å². The third-order valence-electron chi connectivity index (χ3n) is 5.32. The number of benzene rings is 2. The van der Waals surface area contributed by atoms with Crippen molar-refractivity contribution in [1.82, 2.24) is 19.9 Å². The van der Waals surface area contributed by atoms with Crippen molar-refractivity contribution in [2.45, 2.75) is 12.7 Å². The highest BCUT2D eigenvalue weighted by Crippen LogP contribution is 2.31. The predicted molar refractivity (Wildman–Crippen MR) is 119 cm³/mol. The zero-order valence-electron chi connectivity index (χ0n) is 18.0. The number of halogens is 3. The van der Waals surface area contributed by atoms with Gasteiger partial charge in [-0.25, -0.2) is 0 Å². The second-order valence-corrected chi connectivity index (χ2v) is 7.60. The average Bonchev–Trinajstić information content (AvgIpc) is 2.79. The molecule has 0 spiro atoms. The van der Waals surface area contributed by atoms with E-state index >= 15 is 0 Å². The molecule has 0 amide bonds. The van der Waals surface area contributed by atoms with Crippen LogP contribution in [0.15, 0.2) is 48.5 Å². The summed E-state index contributed by atoms with van der Waals surface area (Å²) in [7, 11) is 1.64. The maximum Gasteiger partial charge on any atom is 0.416 e. The van der Waals surface area contributed by atoms with Crippen LogP contribution >= 0.6 is 0 Å². The van der Waals surface area contributed by atoms with Crippen molar-refractivity contribution in [3.05, 3.63) is 59.9 Å². The first kappa shape index (κ1) is 22.6. The van der Waals surface area contributed by atoms with E-state index < -0.39 is 11.7 Å². The second-order valence-electron chi connectivity index (χ2n) is 7.60. The van der Waals surface area contributed by atoms with Crippen molar-refractivity contribution in [2.75, 3.05) is 49.2 Å². The first-order valence-electron chi connectivity index (χ1n) is 10.4. The number of nitrogens with one attached hydrogen (secondary N) is 1. The molecule has 8 nitrogen and oxygen atoms in total. The lowest BCUT2D eigenvalue weighted by Crippen LogP contribution is -2.46. The van der Waals surface area contributed by atoms with Crippen molar-refractivity contribution in [1.29, 1.82) is 0 Å². The van der Waals surface area contributed by atoms with Crippen LogP contribution in [-0.4, -0.2) is 53.1 Å². The van der Waals surface area contributed by atoms with Gasteiger partial charge in [0.15, 0.2) is 0 Å².